The number of aryl methyl sites for hydroxylation is 1. The molecule has 1 aromatic heterocycles. The lowest BCUT2D eigenvalue weighted by atomic mass is 10.1. The monoisotopic (exact) mass is 508 g/mol. The standard InChI is InChI=1S/C22H28N4O2.HI/c1-5-28-20-11-10-16(14-21(20)27-4)26-22(23-3)24-13-12-17-15(2)25-19-9-7-6-8-18(17)19;/h6-11,14,25H,5,12-13H2,1-4H3,(H2,23,24,26);1H. The van der Waals surface area contributed by atoms with Crippen molar-refractivity contribution in [2.75, 3.05) is 32.6 Å². The summed E-state index contributed by atoms with van der Waals surface area (Å²) in [6.07, 6.45) is 0.906. The van der Waals surface area contributed by atoms with Crippen LogP contribution in [0.15, 0.2) is 47.5 Å². The normalized spacial score (nSPS) is 11.1. The highest BCUT2D eigenvalue weighted by molar-refractivity contribution is 14.0. The van der Waals surface area contributed by atoms with Crippen molar-refractivity contribution in [3.63, 3.8) is 0 Å². The largest absolute Gasteiger partial charge is 0.493 e. The second kappa shape index (κ2) is 10.9. The number of hydrogen-bond acceptors (Lipinski definition) is 3. The Morgan fingerprint density at radius 2 is 1.93 bits per heavy atom. The number of hydrogen-bond donors (Lipinski definition) is 3. The van der Waals surface area contributed by atoms with Crippen molar-refractivity contribution in [3.8, 4) is 11.5 Å². The molecule has 0 saturated heterocycles. The molecule has 0 atom stereocenters. The number of aromatic nitrogens is 1. The van der Waals surface area contributed by atoms with Crippen LogP contribution in [0.4, 0.5) is 5.69 Å². The van der Waals surface area contributed by atoms with Crippen LogP contribution in [0, 0.1) is 6.92 Å². The van der Waals surface area contributed by atoms with E-state index in [9.17, 15) is 0 Å². The third-order valence-corrected chi connectivity index (χ3v) is 4.64. The number of nitrogens with one attached hydrogen (secondary N) is 3. The Kier molecular flexibility index (Phi) is 8.63. The Morgan fingerprint density at radius 1 is 1.14 bits per heavy atom. The van der Waals surface area contributed by atoms with E-state index in [-0.39, 0.29) is 24.0 Å². The lowest BCUT2D eigenvalue weighted by Crippen LogP contribution is -2.32. The molecule has 0 amide bonds. The van der Waals surface area contributed by atoms with Gasteiger partial charge in [0.2, 0.25) is 0 Å². The molecular weight excluding hydrogens is 479 g/mol. The maximum atomic E-state index is 5.57. The number of para-hydroxylation sites is 1. The summed E-state index contributed by atoms with van der Waals surface area (Å²) in [5, 5.41) is 7.96. The van der Waals surface area contributed by atoms with Gasteiger partial charge in [-0.3, -0.25) is 4.99 Å². The van der Waals surface area contributed by atoms with Gasteiger partial charge < -0.3 is 25.1 Å². The van der Waals surface area contributed by atoms with Crippen molar-refractivity contribution < 1.29 is 9.47 Å². The molecule has 1 heterocycles. The minimum atomic E-state index is 0. The fraction of sp³-hybridized carbons (Fsp3) is 0.318. The summed E-state index contributed by atoms with van der Waals surface area (Å²) in [5.74, 6) is 2.13. The topological polar surface area (TPSA) is 70.7 Å². The summed E-state index contributed by atoms with van der Waals surface area (Å²) in [6.45, 7) is 5.44. The molecule has 156 valence electrons. The van der Waals surface area contributed by atoms with Crippen molar-refractivity contribution >= 4 is 46.5 Å². The molecular formula is C22H29IN4O2. The van der Waals surface area contributed by atoms with Crippen LogP contribution in [0.25, 0.3) is 10.9 Å². The predicted octanol–water partition coefficient (Wildman–Crippen LogP) is 4.73. The van der Waals surface area contributed by atoms with Gasteiger partial charge in [-0.25, -0.2) is 0 Å². The quantitative estimate of drug-likeness (QED) is 0.245. The first-order valence-corrected chi connectivity index (χ1v) is 9.51. The molecule has 3 N–H and O–H groups in total. The van der Waals surface area contributed by atoms with E-state index in [1.54, 1.807) is 14.2 Å². The van der Waals surface area contributed by atoms with E-state index in [2.05, 4.69) is 51.8 Å². The predicted molar refractivity (Wildman–Crippen MR) is 131 cm³/mol. The first kappa shape index (κ1) is 22.9. The van der Waals surface area contributed by atoms with Crippen molar-refractivity contribution in [2.24, 2.45) is 4.99 Å². The van der Waals surface area contributed by atoms with Gasteiger partial charge in [-0.15, -0.1) is 24.0 Å². The fourth-order valence-electron chi connectivity index (χ4n) is 3.30. The van der Waals surface area contributed by atoms with Gasteiger partial charge in [0.05, 0.1) is 13.7 Å². The lowest BCUT2D eigenvalue weighted by molar-refractivity contribution is 0.311. The molecule has 29 heavy (non-hydrogen) atoms. The zero-order valence-electron chi connectivity index (χ0n) is 17.3. The van der Waals surface area contributed by atoms with Crippen LogP contribution in [0.2, 0.25) is 0 Å². The zero-order valence-corrected chi connectivity index (χ0v) is 19.7. The van der Waals surface area contributed by atoms with Crippen molar-refractivity contribution in [1.29, 1.82) is 0 Å². The molecule has 0 radical (unpaired) electrons. The minimum absolute atomic E-state index is 0. The van der Waals surface area contributed by atoms with Crippen LogP contribution in [-0.4, -0.2) is 38.3 Å². The van der Waals surface area contributed by atoms with Gasteiger partial charge in [0.15, 0.2) is 17.5 Å². The zero-order chi connectivity index (χ0) is 19.9. The van der Waals surface area contributed by atoms with Gasteiger partial charge in [0, 0.05) is 41.9 Å². The second-order valence-electron chi connectivity index (χ2n) is 6.45. The SMILES string of the molecule is CCOc1ccc(NC(=NC)NCCc2c(C)[nH]c3ccccc23)cc1OC.I. The highest BCUT2D eigenvalue weighted by Gasteiger charge is 2.09. The first-order chi connectivity index (χ1) is 13.7. The van der Waals surface area contributed by atoms with E-state index in [0.29, 0.717) is 18.3 Å². The fourth-order valence-corrected chi connectivity index (χ4v) is 3.30. The number of methoxy groups -OCH3 is 1. The highest BCUT2D eigenvalue weighted by atomic mass is 127. The van der Waals surface area contributed by atoms with E-state index in [4.69, 9.17) is 9.47 Å². The molecule has 3 rings (SSSR count). The van der Waals surface area contributed by atoms with E-state index in [1.807, 2.05) is 25.1 Å². The van der Waals surface area contributed by atoms with Crippen LogP contribution in [0.5, 0.6) is 11.5 Å². The maximum absolute atomic E-state index is 5.57. The Labute approximate surface area is 189 Å². The van der Waals surface area contributed by atoms with Gasteiger partial charge in [-0.2, -0.15) is 0 Å². The Morgan fingerprint density at radius 3 is 2.66 bits per heavy atom. The van der Waals surface area contributed by atoms with Gasteiger partial charge in [0.1, 0.15) is 0 Å². The second-order valence-corrected chi connectivity index (χ2v) is 6.45. The molecule has 7 heteroatoms. The number of fused-ring (bicyclic) bond motifs is 1. The third-order valence-electron chi connectivity index (χ3n) is 4.64. The van der Waals surface area contributed by atoms with Crippen LogP contribution < -0.4 is 20.1 Å². The van der Waals surface area contributed by atoms with E-state index < -0.39 is 0 Å². The average molecular weight is 508 g/mol. The number of benzene rings is 2. The van der Waals surface area contributed by atoms with E-state index in [0.717, 1.165) is 24.4 Å². The summed E-state index contributed by atoms with van der Waals surface area (Å²) < 4.78 is 11.0. The summed E-state index contributed by atoms with van der Waals surface area (Å²) in [6, 6.07) is 14.1. The average Bonchev–Trinajstić information content (AvgIpc) is 3.03. The minimum Gasteiger partial charge on any atom is -0.493 e. The summed E-state index contributed by atoms with van der Waals surface area (Å²) in [7, 11) is 3.40. The number of rotatable bonds is 7. The number of guanidine groups is 1. The van der Waals surface area contributed by atoms with E-state index in [1.165, 1.54) is 22.2 Å². The number of aliphatic imine (C=N–C) groups is 1. The summed E-state index contributed by atoms with van der Waals surface area (Å²) in [4.78, 5) is 7.76. The molecule has 2 aromatic carbocycles. The Hall–Kier alpha value is -2.42. The summed E-state index contributed by atoms with van der Waals surface area (Å²) >= 11 is 0. The maximum Gasteiger partial charge on any atom is 0.195 e. The lowest BCUT2D eigenvalue weighted by Gasteiger charge is -2.14. The van der Waals surface area contributed by atoms with Gasteiger partial charge >= 0.3 is 0 Å². The molecule has 0 unspecified atom stereocenters. The van der Waals surface area contributed by atoms with Crippen molar-refractivity contribution in [1.82, 2.24) is 10.3 Å². The van der Waals surface area contributed by atoms with E-state index >= 15 is 0 Å². The Balaban J connectivity index is 0.00000300. The van der Waals surface area contributed by atoms with Crippen LogP contribution >= 0.6 is 24.0 Å². The molecule has 0 bridgehead atoms. The molecule has 3 aromatic rings. The highest BCUT2D eigenvalue weighted by Crippen LogP contribution is 2.30. The molecule has 0 saturated carbocycles. The number of H-pyrrole nitrogens is 1. The number of ether oxygens (including phenoxy) is 2. The number of anilines is 1. The Bertz CT molecular complexity index is 969. The number of aromatic amines is 1. The number of halogens is 1. The first-order valence-electron chi connectivity index (χ1n) is 9.51. The van der Waals surface area contributed by atoms with Gasteiger partial charge in [-0.1, -0.05) is 18.2 Å². The summed E-state index contributed by atoms with van der Waals surface area (Å²) in [5.41, 5.74) is 4.61. The molecule has 6 nitrogen and oxygen atoms in total. The van der Waals surface area contributed by atoms with Gasteiger partial charge in [0.25, 0.3) is 0 Å². The van der Waals surface area contributed by atoms with Gasteiger partial charge in [-0.05, 0) is 44.0 Å². The van der Waals surface area contributed by atoms with Crippen LogP contribution in [0.1, 0.15) is 18.2 Å². The molecule has 0 spiro atoms. The number of nitrogens with zero attached hydrogens (tertiary/aromatic N) is 1. The molecule has 0 aliphatic heterocycles. The third kappa shape index (κ3) is 5.56. The smallest absolute Gasteiger partial charge is 0.195 e. The molecule has 0 aliphatic carbocycles. The van der Waals surface area contributed by atoms with Crippen LogP contribution in [0.3, 0.4) is 0 Å². The molecule has 0 aliphatic rings. The van der Waals surface area contributed by atoms with Crippen molar-refractivity contribution in [3.05, 3.63) is 53.7 Å². The molecule has 0 fully saturated rings. The van der Waals surface area contributed by atoms with Crippen molar-refractivity contribution in [2.45, 2.75) is 20.3 Å². The van der Waals surface area contributed by atoms with Crippen LogP contribution in [-0.2, 0) is 6.42 Å².